The van der Waals surface area contributed by atoms with Gasteiger partial charge in [-0.15, -0.1) is 0 Å². The van der Waals surface area contributed by atoms with Crippen LogP contribution in [-0.4, -0.2) is 97.9 Å². The van der Waals surface area contributed by atoms with Gasteiger partial charge in [-0.2, -0.15) is 0 Å². The summed E-state index contributed by atoms with van der Waals surface area (Å²) in [6, 6.07) is 15.0. The number of rotatable bonds is 9. The number of ether oxygens (including phenoxy) is 2. The number of amides is 3. The second kappa shape index (κ2) is 15.9. The van der Waals surface area contributed by atoms with E-state index < -0.39 is 5.60 Å². The van der Waals surface area contributed by atoms with E-state index in [9.17, 15) is 14.4 Å². The zero-order valence-corrected chi connectivity index (χ0v) is 29.7. The number of hydrogen-bond donors (Lipinski definition) is 1. The molecular weight excluding hydrogens is 594 g/mol. The molecule has 0 unspecified atom stereocenters. The third-order valence-corrected chi connectivity index (χ3v) is 9.13. The van der Waals surface area contributed by atoms with Gasteiger partial charge in [-0.1, -0.05) is 18.2 Å². The highest BCUT2D eigenvalue weighted by Gasteiger charge is 2.32. The maximum absolute atomic E-state index is 13.5. The predicted molar refractivity (Wildman–Crippen MR) is 187 cm³/mol. The number of hydrogen-bond acceptors (Lipinski definition) is 7. The Morgan fingerprint density at radius 2 is 1.70 bits per heavy atom. The Morgan fingerprint density at radius 3 is 2.34 bits per heavy atom. The Kier molecular flexibility index (Phi) is 12.2. The molecular formula is C37H55N5O5. The summed E-state index contributed by atoms with van der Waals surface area (Å²) >= 11 is 0. The van der Waals surface area contributed by atoms with Crippen molar-refractivity contribution in [2.75, 3.05) is 57.6 Å². The average Bonchev–Trinajstić information content (AvgIpc) is 3.01. The number of nitrogens with one attached hydrogen (secondary N) is 1. The van der Waals surface area contributed by atoms with E-state index in [0.29, 0.717) is 25.6 Å². The molecule has 0 radical (unpaired) electrons. The largest absolute Gasteiger partial charge is 0.449 e. The van der Waals surface area contributed by atoms with Crippen LogP contribution in [-0.2, 0) is 27.2 Å². The molecule has 2 aromatic rings. The normalized spacial score (nSPS) is 20.3. The van der Waals surface area contributed by atoms with E-state index in [1.807, 2.05) is 49.8 Å². The fraction of sp³-hybridized carbons (Fsp3) is 0.595. The number of nitrogens with zero attached hydrogens (tertiary/aromatic N) is 4. The van der Waals surface area contributed by atoms with Crippen molar-refractivity contribution >= 4 is 29.5 Å². The number of carbonyl (C=O) groups is 3. The minimum atomic E-state index is -0.501. The molecule has 1 N–H and O–H groups in total. The Bertz CT molecular complexity index is 1380. The molecule has 0 spiro atoms. The molecule has 0 aromatic heterocycles. The van der Waals surface area contributed by atoms with Crippen LogP contribution >= 0.6 is 0 Å². The predicted octanol–water partition coefficient (Wildman–Crippen LogP) is 6.31. The molecule has 2 aromatic carbocycles. The van der Waals surface area contributed by atoms with Crippen molar-refractivity contribution in [2.24, 2.45) is 5.92 Å². The van der Waals surface area contributed by atoms with E-state index in [1.165, 1.54) is 10.5 Å². The molecule has 10 heteroatoms. The fourth-order valence-corrected chi connectivity index (χ4v) is 6.40. The zero-order valence-electron chi connectivity index (χ0n) is 29.7. The first-order chi connectivity index (χ1) is 22.2. The van der Waals surface area contributed by atoms with Gasteiger partial charge in [-0.05, 0) is 101 Å². The molecule has 1 heterocycles. The SMILES string of the molecule is Cc1cc(N(C)C(=O)C2CCC(Nc3cccc(CCOC(=O)N(C)C)c3)CC2)ccc1CN1CCN(C(=O)OC(C)(C)C)[C@@H](C)C1. The van der Waals surface area contributed by atoms with Gasteiger partial charge in [0.15, 0.2) is 0 Å². The van der Waals surface area contributed by atoms with Crippen molar-refractivity contribution in [1.29, 1.82) is 0 Å². The van der Waals surface area contributed by atoms with Gasteiger partial charge in [0, 0.05) is 83.1 Å². The zero-order chi connectivity index (χ0) is 34.3. The molecule has 0 bridgehead atoms. The Morgan fingerprint density at radius 1 is 0.979 bits per heavy atom. The van der Waals surface area contributed by atoms with Crippen LogP contribution in [0, 0.1) is 12.8 Å². The summed E-state index contributed by atoms with van der Waals surface area (Å²) in [7, 11) is 5.24. The lowest BCUT2D eigenvalue weighted by molar-refractivity contribution is -0.123. The van der Waals surface area contributed by atoms with Gasteiger partial charge < -0.3 is 29.5 Å². The van der Waals surface area contributed by atoms with E-state index in [4.69, 9.17) is 9.47 Å². The van der Waals surface area contributed by atoms with Crippen LogP contribution in [0.4, 0.5) is 21.0 Å². The van der Waals surface area contributed by atoms with Crippen LogP contribution in [0.2, 0.25) is 0 Å². The third kappa shape index (κ3) is 10.3. The Hall–Kier alpha value is -3.79. The summed E-state index contributed by atoms with van der Waals surface area (Å²) in [6.45, 7) is 13.2. The molecule has 1 aliphatic heterocycles. The lowest BCUT2D eigenvalue weighted by Crippen LogP contribution is -2.54. The number of piperazine rings is 1. The van der Waals surface area contributed by atoms with Crippen LogP contribution in [0.25, 0.3) is 0 Å². The van der Waals surface area contributed by atoms with Crippen LogP contribution in [0.15, 0.2) is 42.5 Å². The van der Waals surface area contributed by atoms with Crippen LogP contribution in [0.5, 0.6) is 0 Å². The second-order valence-corrected chi connectivity index (χ2v) is 14.4. The lowest BCUT2D eigenvalue weighted by atomic mass is 9.85. The van der Waals surface area contributed by atoms with Gasteiger partial charge in [0.05, 0.1) is 6.61 Å². The molecule has 47 heavy (non-hydrogen) atoms. The highest BCUT2D eigenvalue weighted by atomic mass is 16.6. The number of benzene rings is 2. The maximum atomic E-state index is 13.5. The number of aryl methyl sites for hydroxylation is 1. The first kappa shape index (κ1) is 36.1. The van der Waals surface area contributed by atoms with Crippen molar-refractivity contribution in [3.8, 4) is 0 Å². The van der Waals surface area contributed by atoms with Crippen LogP contribution in [0.1, 0.15) is 70.1 Å². The summed E-state index contributed by atoms with van der Waals surface area (Å²) in [5.41, 5.74) is 4.99. The summed E-state index contributed by atoms with van der Waals surface area (Å²) in [5, 5.41) is 3.66. The quantitative estimate of drug-likeness (QED) is 0.340. The first-order valence-electron chi connectivity index (χ1n) is 17.0. The molecule has 10 nitrogen and oxygen atoms in total. The molecule has 1 atom stereocenters. The third-order valence-electron chi connectivity index (χ3n) is 9.13. The van der Waals surface area contributed by atoms with E-state index in [-0.39, 0.29) is 30.1 Å². The van der Waals surface area contributed by atoms with Gasteiger partial charge in [0.25, 0.3) is 0 Å². The van der Waals surface area contributed by atoms with Gasteiger partial charge in [0.2, 0.25) is 5.91 Å². The van der Waals surface area contributed by atoms with E-state index in [2.05, 4.69) is 54.4 Å². The molecule has 4 rings (SSSR count). The van der Waals surface area contributed by atoms with Crippen molar-refractivity contribution in [3.63, 3.8) is 0 Å². The van der Waals surface area contributed by atoms with Gasteiger partial charge in [0.1, 0.15) is 5.60 Å². The van der Waals surface area contributed by atoms with Crippen LogP contribution in [0.3, 0.4) is 0 Å². The van der Waals surface area contributed by atoms with E-state index in [0.717, 1.165) is 67.8 Å². The number of carbonyl (C=O) groups excluding carboxylic acids is 3. The minimum Gasteiger partial charge on any atom is -0.449 e. The molecule has 2 aliphatic rings. The highest BCUT2D eigenvalue weighted by Crippen LogP contribution is 2.30. The summed E-state index contributed by atoms with van der Waals surface area (Å²) in [5.74, 6) is 0.190. The Labute approximate surface area is 281 Å². The van der Waals surface area contributed by atoms with E-state index >= 15 is 0 Å². The van der Waals surface area contributed by atoms with Crippen LogP contribution < -0.4 is 10.2 Å². The first-order valence-corrected chi connectivity index (χ1v) is 17.0. The monoisotopic (exact) mass is 649 g/mol. The molecule has 1 saturated heterocycles. The molecule has 2 fully saturated rings. The standard InChI is InChI=1S/C37H55N5O5/c1-26-22-33(17-14-30(26)25-41-19-20-42(27(2)24-41)36(45)47-37(3,4)5)40(8)34(43)29-12-15-31(16-13-29)38-32-11-9-10-28(23-32)18-21-46-35(44)39(6)7/h9-11,14,17,22-23,27,29,31,38H,12-13,15-16,18-21,24-25H2,1-8H3/t27-,29?,31?/m0/s1. The highest BCUT2D eigenvalue weighted by molar-refractivity contribution is 5.94. The Balaban J connectivity index is 1.24. The van der Waals surface area contributed by atoms with Crippen molar-refractivity contribution < 1.29 is 23.9 Å². The molecule has 1 aliphatic carbocycles. The summed E-state index contributed by atoms with van der Waals surface area (Å²) in [6.07, 6.45) is 3.67. The van der Waals surface area contributed by atoms with Crippen molar-refractivity contribution in [1.82, 2.24) is 14.7 Å². The molecule has 258 valence electrons. The minimum absolute atomic E-state index is 0.0125. The van der Waals surface area contributed by atoms with Crippen molar-refractivity contribution in [2.45, 2.75) is 91.0 Å². The topological polar surface area (TPSA) is 94.7 Å². The number of anilines is 2. The smallest absolute Gasteiger partial charge is 0.410 e. The van der Waals surface area contributed by atoms with Gasteiger partial charge in [-0.25, -0.2) is 9.59 Å². The molecule has 3 amide bonds. The maximum Gasteiger partial charge on any atom is 0.410 e. The fourth-order valence-electron chi connectivity index (χ4n) is 6.40. The molecule has 1 saturated carbocycles. The summed E-state index contributed by atoms with van der Waals surface area (Å²) in [4.78, 5) is 45.3. The van der Waals surface area contributed by atoms with Gasteiger partial charge in [-0.3, -0.25) is 9.69 Å². The average molecular weight is 650 g/mol. The van der Waals surface area contributed by atoms with Crippen molar-refractivity contribution in [3.05, 3.63) is 59.2 Å². The lowest BCUT2D eigenvalue weighted by Gasteiger charge is -2.40. The van der Waals surface area contributed by atoms with E-state index in [1.54, 1.807) is 14.1 Å². The second-order valence-electron chi connectivity index (χ2n) is 14.4. The summed E-state index contributed by atoms with van der Waals surface area (Å²) < 4.78 is 10.9. The van der Waals surface area contributed by atoms with Gasteiger partial charge >= 0.3 is 12.2 Å².